The van der Waals surface area contributed by atoms with Gasteiger partial charge in [-0.25, -0.2) is 0 Å². The molecule has 0 aliphatic heterocycles. The fourth-order valence-corrected chi connectivity index (χ4v) is 0.567. The third-order valence-electron chi connectivity index (χ3n) is 0.994. The minimum absolute atomic E-state index is 0.370. The first-order valence-electron chi connectivity index (χ1n) is 3.49. The van der Waals surface area contributed by atoms with E-state index < -0.39 is 0 Å². The lowest BCUT2D eigenvalue weighted by atomic mass is 10.6. The van der Waals surface area contributed by atoms with E-state index in [9.17, 15) is 0 Å². The van der Waals surface area contributed by atoms with Crippen LogP contribution in [0.15, 0.2) is 24.5 Å². The van der Waals surface area contributed by atoms with Crippen molar-refractivity contribution in [3.05, 3.63) is 29.7 Å². The maximum absolute atomic E-state index is 5.33. The van der Waals surface area contributed by atoms with Gasteiger partial charge in [0.2, 0.25) is 0 Å². The number of hydrogen-bond acceptors (Lipinski definition) is 7. The van der Waals surface area contributed by atoms with Gasteiger partial charge in [0.05, 0.1) is 12.4 Å². The van der Waals surface area contributed by atoms with E-state index in [1.54, 1.807) is 12.1 Å². The van der Waals surface area contributed by atoms with Crippen molar-refractivity contribution in [3.63, 3.8) is 0 Å². The first-order valence-corrected chi connectivity index (χ1v) is 3.86. The second-order valence-corrected chi connectivity index (χ2v) is 2.38. The molecule has 0 aromatic carbocycles. The molecule has 0 saturated carbocycles. The molecule has 0 aliphatic carbocycles. The van der Waals surface area contributed by atoms with Gasteiger partial charge in [-0.15, -0.1) is 20.4 Å². The molecule has 2 aromatic rings. The van der Waals surface area contributed by atoms with Gasteiger partial charge in [-0.1, -0.05) is 11.6 Å². The monoisotopic (exact) mass is 211 g/mol. The van der Waals surface area contributed by atoms with E-state index in [0.29, 0.717) is 11.0 Å². The van der Waals surface area contributed by atoms with Gasteiger partial charge < -0.3 is 5.73 Å². The van der Waals surface area contributed by atoms with E-state index in [4.69, 9.17) is 17.3 Å². The fraction of sp³-hybridized carbons (Fsp3) is 0. The number of hydrogen-bond donors (Lipinski definition) is 1. The van der Waals surface area contributed by atoms with Gasteiger partial charge in [0.1, 0.15) is 5.82 Å². The molecule has 0 unspecified atom stereocenters. The zero-order valence-electron chi connectivity index (χ0n) is 6.95. The largest absolute Gasteiger partial charge is 0.382 e. The van der Waals surface area contributed by atoms with E-state index in [1.165, 1.54) is 12.4 Å². The lowest BCUT2D eigenvalue weighted by Crippen LogP contribution is -1.91. The van der Waals surface area contributed by atoms with Crippen LogP contribution in [0.3, 0.4) is 0 Å². The molecule has 2 N–H and O–H groups in total. The van der Waals surface area contributed by atoms with Crippen molar-refractivity contribution in [2.45, 2.75) is 0 Å². The third kappa shape index (κ3) is 4.21. The quantitative estimate of drug-likeness (QED) is 0.653. The maximum atomic E-state index is 5.33. The highest BCUT2D eigenvalue weighted by Gasteiger charge is 1.79. The summed E-state index contributed by atoms with van der Waals surface area (Å²) in [5, 5.41) is 20.5. The Kier molecular flexibility index (Phi) is 4.15. The third-order valence-corrected chi connectivity index (χ3v) is 1.20. The number of anilines is 1. The Morgan fingerprint density at radius 3 is 1.86 bits per heavy atom. The summed E-state index contributed by atoms with van der Waals surface area (Å²) >= 11 is 5.33. The molecule has 14 heavy (non-hydrogen) atoms. The van der Waals surface area contributed by atoms with Crippen molar-refractivity contribution in [3.8, 4) is 0 Å². The van der Waals surface area contributed by atoms with Gasteiger partial charge in [0.15, 0.2) is 5.15 Å². The summed E-state index contributed by atoms with van der Waals surface area (Å²) in [7, 11) is 0. The van der Waals surface area contributed by atoms with Gasteiger partial charge in [0.25, 0.3) is 0 Å². The van der Waals surface area contributed by atoms with Crippen molar-refractivity contribution >= 4 is 17.4 Å². The Hall–Kier alpha value is -1.89. The number of rotatable bonds is 0. The summed E-state index contributed by atoms with van der Waals surface area (Å²) in [5.74, 6) is 0.398. The number of nitrogens with two attached hydrogens (primary N) is 1. The highest BCUT2D eigenvalue weighted by atomic mass is 35.5. The van der Waals surface area contributed by atoms with Crippen LogP contribution in [0, 0.1) is 0 Å². The molecule has 2 rings (SSSR count). The van der Waals surface area contributed by atoms with Gasteiger partial charge in [-0.3, -0.25) is 0 Å². The zero-order valence-corrected chi connectivity index (χ0v) is 7.70. The van der Waals surface area contributed by atoms with Crippen LogP contribution >= 0.6 is 11.6 Å². The van der Waals surface area contributed by atoms with Crippen molar-refractivity contribution in [1.82, 2.24) is 30.8 Å². The highest BCUT2D eigenvalue weighted by molar-refractivity contribution is 6.29. The van der Waals surface area contributed by atoms with E-state index in [0.717, 1.165) is 0 Å². The van der Waals surface area contributed by atoms with Crippen LogP contribution < -0.4 is 5.73 Å². The van der Waals surface area contributed by atoms with Crippen LogP contribution in [0.4, 0.5) is 5.82 Å². The SMILES string of the molecule is Clc1ccnnn1.Nc1ccnnn1. The molecular weight excluding hydrogens is 206 g/mol. The van der Waals surface area contributed by atoms with E-state index in [1.807, 2.05) is 0 Å². The Morgan fingerprint density at radius 1 is 1.00 bits per heavy atom. The molecule has 0 amide bonds. The van der Waals surface area contributed by atoms with Crippen LogP contribution in [-0.2, 0) is 0 Å². The van der Waals surface area contributed by atoms with E-state index in [2.05, 4.69) is 30.8 Å². The average Bonchev–Trinajstić information content (AvgIpc) is 2.21. The van der Waals surface area contributed by atoms with E-state index in [-0.39, 0.29) is 0 Å². The first kappa shape index (κ1) is 10.2. The molecule has 0 bridgehead atoms. The molecule has 72 valence electrons. The van der Waals surface area contributed by atoms with Crippen LogP contribution in [0.5, 0.6) is 0 Å². The lowest BCUT2D eigenvalue weighted by Gasteiger charge is -1.80. The lowest BCUT2D eigenvalue weighted by molar-refractivity contribution is 0.865. The molecule has 0 fully saturated rings. The fourth-order valence-electron chi connectivity index (χ4n) is 0.477. The molecule has 0 radical (unpaired) electrons. The zero-order chi connectivity index (χ0) is 10.2. The van der Waals surface area contributed by atoms with Gasteiger partial charge in [-0.2, -0.15) is 0 Å². The van der Waals surface area contributed by atoms with Crippen LogP contribution in [0.25, 0.3) is 0 Å². The first-order chi connectivity index (χ1) is 6.79. The Bertz CT molecular complexity index is 316. The predicted molar refractivity (Wildman–Crippen MR) is 49.1 cm³/mol. The van der Waals surface area contributed by atoms with E-state index >= 15 is 0 Å². The second-order valence-electron chi connectivity index (χ2n) is 1.99. The molecular formula is C6H6ClN7. The van der Waals surface area contributed by atoms with Gasteiger partial charge in [-0.05, 0) is 16.5 Å². The standard InChI is InChI=1S/C3H2ClN3.C3H4N4/c2*4-3-1-2-5-7-6-3/h1-2H;1-2H,(H2,4,5,6). The normalized spacial score (nSPS) is 8.64. The summed E-state index contributed by atoms with van der Waals surface area (Å²) < 4.78 is 0. The summed E-state index contributed by atoms with van der Waals surface area (Å²) in [5.41, 5.74) is 5.14. The highest BCUT2D eigenvalue weighted by Crippen LogP contribution is 1.94. The molecule has 7 nitrogen and oxygen atoms in total. The molecule has 2 heterocycles. The number of nitrogens with zero attached hydrogens (tertiary/aromatic N) is 6. The Morgan fingerprint density at radius 2 is 1.64 bits per heavy atom. The topological polar surface area (TPSA) is 103 Å². The Labute approximate surface area is 84.3 Å². The summed E-state index contributed by atoms with van der Waals surface area (Å²) in [6, 6.07) is 3.14. The van der Waals surface area contributed by atoms with Gasteiger partial charge in [0, 0.05) is 6.07 Å². The summed E-state index contributed by atoms with van der Waals surface area (Å²) in [6.45, 7) is 0. The van der Waals surface area contributed by atoms with Gasteiger partial charge >= 0.3 is 0 Å². The molecule has 0 aliphatic rings. The summed E-state index contributed by atoms with van der Waals surface area (Å²) in [6.07, 6.45) is 2.97. The number of aromatic nitrogens is 6. The maximum Gasteiger partial charge on any atom is 0.155 e. The molecule has 2 aromatic heterocycles. The smallest absolute Gasteiger partial charge is 0.155 e. The van der Waals surface area contributed by atoms with Crippen LogP contribution in [0.2, 0.25) is 5.15 Å². The summed E-state index contributed by atoms with van der Waals surface area (Å²) in [4.78, 5) is 0. The average molecular weight is 212 g/mol. The number of nitrogen functional groups attached to an aromatic ring is 1. The minimum atomic E-state index is 0.370. The second kappa shape index (κ2) is 5.70. The van der Waals surface area contributed by atoms with Crippen LogP contribution in [-0.4, -0.2) is 30.8 Å². The molecule has 0 atom stereocenters. The Balaban J connectivity index is 0.000000140. The van der Waals surface area contributed by atoms with Crippen molar-refractivity contribution in [2.24, 2.45) is 0 Å². The molecule has 0 spiro atoms. The predicted octanol–water partition coefficient (Wildman–Crippen LogP) is -0.0212. The van der Waals surface area contributed by atoms with Crippen molar-refractivity contribution in [1.29, 1.82) is 0 Å². The minimum Gasteiger partial charge on any atom is -0.382 e. The van der Waals surface area contributed by atoms with Crippen molar-refractivity contribution in [2.75, 3.05) is 5.73 Å². The molecule has 8 heteroatoms. The molecule has 0 saturated heterocycles. The van der Waals surface area contributed by atoms with Crippen molar-refractivity contribution < 1.29 is 0 Å². The number of halogens is 1. The van der Waals surface area contributed by atoms with Crippen LogP contribution in [0.1, 0.15) is 0 Å².